The second kappa shape index (κ2) is 9.10. The first-order valence-electron chi connectivity index (χ1n) is 10.5. The molecule has 1 aliphatic rings. The molecule has 1 aromatic heterocycles. The molecule has 6 nitrogen and oxygen atoms in total. The van der Waals surface area contributed by atoms with Crippen molar-refractivity contribution in [2.75, 3.05) is 39.3 Å². The van der Waals surface area contributed by atoms with Crippen LogP contribution in [0.5, 0.6) is 0 Å². The van der Waals surface area contributed by atoms with E-state index in [1.807, 2.05) is 55.5 Å². The number of carbonyl (C=O) groups is 1. The molecule has 0 saturated carbocycles. The lowest BCUT2D eigenvalue weighted by molar-refractivity contribution is 0.0168. The number of aromatic nitrogens is 1. The Bertz CT molecular complexity index is 990. The number of H-pyrrole nitrogens is 1. The Labute approximate surface area is 176 Å². The van der Waals surface area contributed by atoms with E-state index >= 15 is 0 Å². The highest BCUT2D eigenvalue weighted by atomic mass is 16.3. The van der Waals surface area contributed by atoms with Gasteiger partial charge < -0.3 is 15.2 Å². The molecular formula is C24H29N3O3. The number of β-amino-alcohol motifs (C(OH)–C–C–N with tert-alkyl or cyclic N) is 1. The van der Waals surface area contributed by atoms with E-state index in [0.717, 1.165) is 48.2 Å². The number of nitrogens with zero attached hydrogens (tertiary/aromatic N) is 2. The molecule has 1 saturated heterocycles. The molecule has 1 fully saturated rings. The molecule has 0 aliphatic carbocycles. The van der Waals surface area contributed by atoms with E-state index in [-0.39, 0.29) is 12.4 Å². The van der Waals surface area contributed by atoms with E-state index in [0.29, 0.717) is 12.1 Å². The van der Waals surface area contributed by atoms with Gasteiger partial charge in [0.15, 0.2) is 5.78 Å². The van der Waals surface area contributed by atoms with Crippen LogP contribution in [0.2, 0.25) is 0 Å². The highest BCUT2D eigenvalue weighted by Crippen LogP contribution is 2.30. The monoisotopic (exact) mass is 407 g/mol. The Balaban J connectivity index is 1.63. The number of piperazine rings is 1. The fraction of sp³-hybridized carbons (Fsp3) is 0.375. The van der Waals surface area contributed by atoms with Crippen molar-refractivity contribution in [1.82, 2.24) is 14.8 Å². The van der Waals surface area contributed by atoms with Gasteiger partial charge in [0.05, 0.1) is 12.6 Å². The number of fused-ring (bicyclic) bond motifs is 1. The minimum Gasteiger partial charge on any atom is -0.395 e. The summed E-state index contributed by atoms with van der Waals surface area (Å²) in [6.45, 7) is 5.89. The normalized spacial score (nSPS) is 17.8. The van der Waals surface area contributed by atoms with E-state index < -0.39 is 12.1 Å². The van der Waals surface area contributed by atoms with Crippen molar-refractivity contribution in [3.63, 3.8) is 0 Å². The smallest absolute Gasteiger partial charge is 0.195 e. The standard InChI is InChI=1S/C24H29N3O3/c1-17-6-8-18(9-7-17)22(27-12-10-26(11-13-27)14-15-28)24(30)23(29)20-16-25-21-5-3-2-4-19(20)21/h2-9,16,22,24-25,28,30H,10-15H2,1H3/t22-,24+/m0/s1. The summed E-state index contributed by atoms with van der Waals surface area (Å²) in [5, 5.41) is 21.3. The molecule has 158 valence electrons. The fourth-order valence-corrected chi connectivity index (χ4v) is 4.34. The quantitative estimate of drug-likeness (QED) is 0.524. The zero-order valence-electron chi connectivity index (χ0n) is 17.3. The third-order valence-electron chi connectivity index (χ3n) is 6.06. The van der Waals surface area contributed by atoms with Crippen LogP contribution < -0.4 is 0 Å². The van der Waals surface area contributed by atoms with Gasteiger partial charge >= 0.3 is 0 Å². The lowest BCUT2D eigenvalue weighted by Gasteiger charge is -2.40. The van der Waals surface area contributed by atoms with Crippen molar-refractivity contribution in [3.05, 3.63) is 71.4 Å². The third-order valence-corrected chi connectivity index (χ3v) is 6.06. The van der Waals surface area contributed by atoms with E-state index in [1.54, 1.807) is 6.20 Å². The van der Waals surface area contributed by atoms with Gasteiger partial charge in [-0.1, -0.05) is 48.0 Å². The Hall–Kier alpha value is -2.51. The molecule has 0 spiro atoms. The van der Waals surface area contributed by atoms with Gasteiger partial charge in [-0.2, -0.15) is 0 Å². The number of para-hydroxylation sites is 1. The molecule has 30 heavy (non-hydrogen) atoms. The number of aromatic amines is 1. The molecule has 2 aromatic carbocycles. The van der Waals surface area contributed by atoms with E-state index in [4.69, 9.17) is 0 Å². The highest BCUT2D eigenvalue weighted by Gasteiger charge is 2.35. The van der Waals surface area contributed by atoms with Crippen molar-refractivity contribution >= 4 is 16.7 Å². The van der Waals surface area contributed by atoms with E-state index in [1.165, 1.54) is 0 Å². The number of Topliss-reactive ketones (excluding diaryl/α,β-unsaturated/α-hetero) is 1. The molecule has 6 heteroatoms. The SMILES string of the molecule is Cc1ccc([C@@H]([C@@H](O)C(=O)c2c[nH]c3ccccc23)N2CCN(CCO)CC2)cc1. The molecule has 0 amide bonds. The Kier molecular flexibility index (Phi) is 6.29. The number of aliphatic hydroxyl groups is 2. The van der Waals surface area contributed by atoms with Gasteiger partial charge in [0.2, 0.25) is 0 Å². The number of carbonyl (C=O) groups excluding carboxylic acids is 1. The first-order chi connectivity index (χ1) is 14.6. The van der Waals surface area contributed by atoms with E-state index in [2.05, 4.69) is 14.8 Å². The maximum atomic E-state index is 13.4. The van der Waals surface area contributed by atoms with Crippen molar-refractivity contribution in [1.29, 1.82) is 0 Å². The van der Waals surface area contributed by atoms with Crippen LogP contribution in [0.25, 0.3) is 10.9 Å². The van der Waals surface area contributed by atoms with Gasteiger partial charge in [-0.3, -0.25) is 14.6 Å². The maximum Gasteiger partial charge on any atom is 0.195 e. The summed E-state index contributed by atoms with van der Waals surface area (Å²) in [4.78, 5) is 20.9. The van der Waals surface area contributed by atoms with Crippen molar-refractivity contribution in [2.24, 2.45) is 0 Å². The van der Waals surface area contributed by atoms with Crippen LogP contribution in [-0.4, -0.2) is 76.2 Å². The molecule has 0 bridgehead atoms. The minimum absolute atomic E-state index is 0.142. The molecule has 3 aromatic rings. The zero-order chi connectivity index (χ0) is 21.1. The number of hydrogen-bond donors (Lipinski definition) is 3. The van der Waals surface area contributed by atoms with Gasteiger partial charge in [-0.15, -0.1) is 0 Å². The van der Waals surface area contributed by atoms with Crippen LogP contribution in [-0.2, 0) is 0 Å². The van der Waals surface area contributed by atoms with Gasteiger partial charge in [0.25, 0.3) is 0 Å². The predicted octanol–water partition coefficient (Wildman–Crippen LogP) is 2.37. The Morgan fingerprint density at radius 1 is 1.07 bits per heavy atom. The minimum atomic E-state index is -1.17. The second-order valence-electron chi connectivity index (χ2n) is 8.01. The molecule has 0 radical (unpaired) electrons. The first-order valence-corrected chi connectivity index (χ1v) is 10.5. The number of rotatable bonds is 7. The largest absolute Gasteiger partial charge is 0.395 e. The maximum absolute atomic E-state index is 13.4. The molecule has 2 atom stereocenters. The van der Waals surface area contributed by atoms with Crippen LogP contribution in [0.15, 0.2) is 54.7 Å². The lowest BCUT2D eigenvalue weighted by Crippen LogP contribution is -2.51. The highest BCUT2D eigenvalue weighted by molar-refractivity contribution is 6.10. The topological polar surface area (TPSA) is 79.8 Å². The van der Waals surface area contributed by atoms with Gasteiger partial charge in [0.1, 0.15) is 6.10 Å². The average Bonchev–Trinajstić information content (AvgIpc) is 3.20. The summed E-state index contributed by atoms with van der Waals surface area (Å²) in [7, 11) is 0. The van der Waals surface area contributed by atoms with Crippen molar-refractivity contribution < 1.29 is 15.0 Å². The van der Waals surface area contributed by atoms with E-state index in [9.17, 15) is 15.0 Å². The molecule has 1 aliphatic heterocycles. The fourth-order valence-electron chi connectivity index (χ4n) is 4.34. The number of aliphatic hydroxyl groups excluding tert-OH is 2. The summed E-state index contributed by atoms with van der Waals surface area (Å²) in [6, 6.07) is 15.3. The summed E-state index contributed by atoms with van der Waals surface area (Å²) in [5.74, 6) is -0.268. The van der Waals surface area contributed by atoms with Crippen LogP contribution in [0, 0.1) is 6.92 Å². The number of hydrogen-bond acceptors (Lipinski definition) is 5. The average molecular weight is 408 g/mol. The third kappa shape index (κ3) is 4.18. The molecule has 0 unspecified atom stereocenters. The summed E-state index contributed by atoms with van der Waals surface area (Å²) in [6.07, 6.45) is 0.526. The second-order valence-corrected chi connectivity index (χ2v) is 8.01. The van der Waals surface area contributed by atoms with Crippen LogP contribution >= 0.6 is 0 Å². The molecular weight excluding hydrogens is 378 g/mol. The molecule has 3 N–H and O–H groups in total. The zero-order valence-corrected chi connectivity index (χ0v) is 17.3. The lowest BCUT2D eigenvalue weighted by atomic mass is 9.92. The first kappa shape index (κ1) is 20.8. The number of nitrogens with one attached hydrogen (secondary N) is 1. The number of benzene rings is 2. The van der Waals surface area contributed by atoms with Crippen LogP contribution in [0.3, 0.4) is 0 Å². The van der Waals surface area contributed by atoms with Crippen LogP contribution in [0.1, 0.15) is 27.5 Å². The summed E-state index contributed by atoms with van der Waals surface area (Å²) < 4.78 is 0. The van der Waals surface area contributed by atoms with Gasteiger partial charge in [-0.05, 0) is 18.6 Å². The van der Waals surface area contributed by atoms with Gasteiger partial charge in [-0.25, -0.2) is 0 Å². The van der Waals surface area contributed by atoms with Crippen LogP contribution in [0.4, 0.5) is 0 Å². The predicted molar refractivity (Wildman–Crippen MR) is 118 cm³/mol. The number of ketones is 1. The summed E-state index contributed by atoms with van der Waals surface area (Å²) >= 11 is 0. The van der Waals surface area contributed by atoms with Gasteiger partial charge in [0, 0.05) is 55.4 Å². The van der Waals surface area contributed by atoms with Crippen molar-refractivity contribution in [3.8, 4) is 0 Å². The summed E-state index contributed by atoms with van der Waals surface area (Å²) in [5.41, 5.74) is 3.49. The molecule has 4 rings (SSSR count). The Morgan fingerprint density at radius 3 is 2.47 bits per heavy atom. The number of aryl methyl sites for hydroxylation is 1. The molecule has 2 heterocycles. The van der Waals surface area contributed by atoms with Crippen molar-refractivity contribution in [2.45, 2.75) is 19.1 Å². The Morgan fingerprint density at radius 2 is 1.77 bits per heavy atom.